The Labute approximate surface area is 74.8 Å². The van der Waals surface area contributed by atoms with Crippen LogP contribution in [0.5, 0.6) is 0 Å². The van der Waals surface area contributed by atoms with Crippen molar-refractivity contribution in [2.24, 2.45) is 0 Å². The Morgan fingerprint density at radius 2 is 2.50 bits per heavy atom. The number of hydrogen-bond donors (Lipinski definition) is 1. The lowest BCUT2D eigenvalue weighted by atomic mass is 10.3. The van der Waals surface area contributed by atoms with Gasteiger partial charge in [-0.1, -0.05) is 6.92 Å². The molecule has 1 aromatic heterocycles. The molecule has 12 heavy (non-hydrogen) atoms. The highest BCUT2D eigenvalue weighted by Crippen LogP contribution is 2.15. The van der Waals surface area contributed by atoms with Crippen LogP contribution in [0.25, 0.3) is 0 Å². The predicted molar refractivity (Wildman–Crippen MR) is 47.6 cm³/mol. The summed E-state index contributed by atoms with van der Waals surface area (Å²) in [6, 6.07) is 3.07. The van der Waals surface area contributed by atoms with Gasteiger partial charge in [0.2, 0.25) is 0 Å². The molecule has 0 saturated heterocycles. The predicted octanol–water partition coefficient (Wildman–Crippen LogP) is 1.89. The zero-order valence-corrected chi connectivity index (χ0v) is 7.47. The molecule has 0 aliphatic heterocycles. The van der Waals surface area contributed by atoms with Crippen molar-refractivity contribution in [3.8, 4) is 0 Å². The summed E-state index contributed by atoms with van der Waals surface area (Å²) in [6.45, 7) is 2.00. The standard InChI is InChI=1S/C8H9NO2S/c1-2-12-7-5-6(8(10)11)3-4-9-7/h3-5H,2H2,1H3,(H,10,11). The van der Waals surface area contributed by atoms with Gasteiger partial charge in [0, 0.05) is 6.20 Å². The third kappa shape index (κ3) is 2.23. The first-order valence-corrected chi connectivity index (χ1v) is 4.54. The smallest absolute Gasteiger partial charge is 0.335 e. The highest BCUT2D eigenvalue weighted by molar-refractivity contribution is 7.99. The van der Waals surface area contributed by atoms with Crippen molar-refractivity contribution >= 4 is 17.7 Å². The van der Waals surface area contributed by atoms with Crippen LogP contribution in [-0.4, -0.2) is 21.8 Å². The van der Waals surface area contributed by atoms with Crippen LogP contribution in [0.1, 0.15) is 17.3 Å². The van der Waals surface area contributed by atoms with E-state index in [1.54, 1.807) is 6.07 Å². The SMILES string of the molecule is CCSc1cc(C(=O)O)ccn1. The molecule has 0 atom stereocenters. The van der Waals surface area contributed by atoms with Crippen LogP contribution in [0.4, 0.5) is 0 Å². The second kappa shape index (κ2) is 4.11. The Morgan fingerprint density at radius 1 is 1.75 bits per heavy atom. The molecule has 3 nitrogen and oxygen atoms in total. The summed E-state index contributed by atoms with van der Waals surface area (Å²) in [5.74, 6) is -0.00820. The molecule has 0 saturated carbocycles. The number of pyridine rings is 1. The first-order chi connectivity index (χ1) is 5.74. The van der Waals surface area contributed by atoms with E-state index in [0.717, 1.165) is 10.8 Å². The van der Waals surface area contributed by atoms with Gasteiger partial charge in [-0.25, -0.2) is 9.78 Å². The van der Waals surface area contributed by atoms with Crippen molar-refractivity contribution < 1.29 is 9.90 Å². The van der Waals surface area contributed by atoms with E-state index in [0.29, 0.717) is 5.56 Å². The van der Waals surface area contributed by atoms with Crippen LogP contribution in [0, 0.1) is 0 Å². The molecule has 0 radical (unpaired) electrons. The maximum absolute atomic E-state index is 10.5. The van der Waals surface area contributed by atoms with Gasteiger partial charge in [0.25, 0.3) is 0 Å². The summed E-state index contributed by atoms with van der Waals surface area (Å²) >= 11 is 1.53. The second-order valence-electron chi connectivity index (χ2n) is 2.12. The van der Waals surface area contributed by atoms with Crippen LogP contribution >= 0.6 is 11.8 Å². The third-order valence-corrected chi connectivity index (χ3v) is 2.08. The number of carboxylic acids is 1. The van der Waals surface area contributed by atoms with Crippen molar-refractivity contribution in [3.63, 3.8) is 0 Å². The average Bonchev–Trinajstić information content (AvgIpc) is 2.05. The number of carbonyl (C=O) groups is 1. The zero-order chi connectivity index (χ0) is 8.97. The minimum absolute atomic E-state index is 0.293. The molecule has 0 unspecified atom stereocenters. The van der Waals surface area contributed by atoms with Crippen LogP contribution < -0.4 is 0 Å². The molecule has 1 heterocycles. The summed E-state index contributed by atoms with van der Waals surface area (Å²) in [7, 11) is 0. The van der Waals surface area contributed by atoms with E-state index >= 15 is 0 Å². The van der Waals surface area contributed by atoms with Gasteiger partial charge in [0.05, 0.1) is 10.6 Å². The van der Waals surface area contributed by atoms with Crippen LogP contribution in [-0.2, 0) is 0 Å². The monoisotopic (exact) mass is 183 g/mol. The van der Waals surface area contributed by atoms with Gasteiger partial charge in [-0.3, -0.25) is 0 Å². The molecule has 0 aliphatic carbocycles. The normalized spacial score (nSPS) is 9.75. The molecule has 1 rings (SSSR count). The van der Waals surface area contributed by atoms with Gasteiger partial charge in [0.15, 0.2) is 0 Å². The van der Waals surface area contributed by atoms with Gasteiger partial charge in [-0.2, -0.15) is 0 Å². The summed E-state index contributed by atoms with van der Waals surface area (Å²) in [5.41, 5.74) is 0.293. The van der Waals surface area contributed by atoms with Crippen LogP contribution in [0.15, 0.2) is 23.4 Å². The Bertz CT molecular complexity index is 288. The molecule has 1 aromatic rings. The minimum atomic E-state index is -0.907. The summed E-state index contributed by atoms with van der Waals surface area (Å²) < 4.78 is 0. The summed E-state index contributed by atoms with van der Waals surface area (Å²) in [5, 5.41) is 9.40. The van der Waals surface area contributed by atoms with Gasteiger partial charge in [0.1, 0.15) is 0 Å². The van der Waals surface area contributed by atoms with E-state index in [9.17, 15) is 4.79 Å². The largest absolute Gasteiger partial charge is 0.478 e. The fourth-order valence-electron chi connectivity index (χ4n) is 0.769. The summed E-state index contributed by atoms with van der Waals surface area (Å²) in [6.07, 6.45) is 1.52. The number of thioether (sulfide) groups is 1. The quantitative estimate of drug-likeness (QED) is 0.727. The first-order valence-electron chi connectivity index (χ1n) is 3.56. The molecule has 0 aliphatic rings. The Hall–Kier alpha value is -1.03. The topological polar surface area (TPSA) is 50.2 Å². The highest BCUT2D eigenvalue weighted by atomic mass is 32.2. The Kier molecular flexibility index (Phi) is 3.10. The van der Waals surface area contributed by atoms with Crippen molar-refractivity contribution in [1.29, 1.82) is 0 Å². The van der Waals surface area contributed by atoms with E-state index in [4.69, 9.17) is 5.11 Å². The van der Waals surface area contributed by atoms with Crippen molar-refractivity contribution in [2.45, 2.75) is 11.9 Å². The zero-order valence-electron chi connectivity index (χ0n) is 6.65. The average molecular weight is 183 g/mol. The number of nitrogens with zero attached hydrogens (tertiary/aromatic N) is 1. The van der Waals surface area contributed by atoms with Gasteiger partial charge >= 0.3 is 5.97 Å². The van der Waals surface area contributed by atoms with E-state index < -0.39 is 5.97 Å². The lowest BCUT2D eigenvalue weighted by molar-refractivity contribution is 0.0696. The van der Waals surface area contributed by atoms with Crippen molar-refractivity contribution in [3.05, 3.63) is 23.9 Å². The molecule has 4 heteroatoms. The molecule has 0 amide bonds. The van der Waals surface area contributed by atoms with E-state index in [1.807, 2.05) is 6.92 Å². The molecular formula is C8H9NO2S. The van der Waals surface area contributed by atoms with E-state index in [2.05, 4.69) is 4.98 Å². The second-order valence-corrected chi connectivity index (χ2v) is 3.41. The fourth-order valence-corrected chi connectivity index (χ4v) is 1.41. The number of carboxylic acid groups (broad SMARTS) is 1. The minimum Gasteiger partial charge on any atom is -0.478 e. The van der Waals surface area contributed by atoms with Crippen molar-refractivity contribution in [1.82, 2.24) is 4.98 Å². The molecule has 0 fully saturated rings. The van der Waals surface area contributed by atoms with Gasteiger partial charge in [-0.05, 0) is 17.9 Å². The summed E-state index contributed by atoms with van der Waals surface area (Å²) in [4.78, 5) is 14.5. The Morgan fingerprint density at radius 3 is 3.08 bits per heavy atom. The molecule has 64 valence electrons. The molecular weight excluding hydrogens is 174 g/mol. The number of aromatic nitrogens is 1. The lowest BCUT2D eigenvalue weighted by Gasteiger charge is -1.97. The molecule has 0 aromatic carbocycles. The fraction of sp³-hybridized carbons (Fsp3) is 0.250. The highest BCUT2D eigenvalue weighted by Gasteiger charge is 2.03. The van der Waals surface area contributed by atoms with Crippen LogP contribution in [0.2, 0.25) is 0 Å². The Balaban J connectivity index is 2.88. The molecule has 0 bridgehead atoms. The third-order valence-electron chi connectivity index (χ3n) is 1.27. The van der Waals surface area contributed by atoms with Crippen molar-refractivity contribution in [2.75, 3.05) is 5.75 Å². The number of hydrogen-bond acceptors (Lipinski definition) is 3. The maximum Gasteiger partial charge on any atom is 0.335 e. The maximum atomic E-state index is 10.5. The van der Waals surface area contributed by atoms with Gasteiger partial charge in [-0.15, -0.1) is 11.8 Å². The lowest BCUT2D eigenvalue weighted by Crippen LogP contribution is -1.96. The first kappa shape index (κ1) is 9.06. The molecule has 1 N–H and O–H groups in total. The molecule has 0 spiro atoms. The van der Waals surface area contributed by atoms with Crippen LogP contribution in [0.3, 0.4) is 0 Å². The number of rotatable bonds is 3. The number of aromatic carboxylic acids is 1. The van der Waals surface area contributed by atoms with Gasteiger partial charge < -0.3 is 5.11 Å². The van der Waals surface area contributed by atoms with E-state index in [1.165, 1.54) is 24.0 Å². The van der Waals surface area contributed by atoms with E-state index in [-0.39, 0.29) is 0 Å².